The van der Waals surface area contributed by atoms with Crippen LogP contribution in [0.2, 0.25) is 5.02 Å². The van der Waals surface area contributed by atoms with Gasteiger partial charge in [-0.25, -0.2) is 13.6 Å². The van der Waals surface area contributed by atoms with Crippen molar-refractivity contribution in [1.82, 2.24) is 0 Å². The average Bonchev–Trinajstić information content (AvgIpc) is 2.58. The van der Waals surface area contributed by atoms with Gasteiger partial charge in [-0.15, -0.1) is 0 Å². The summed E-state index contributed by atoms with van der Waals surface area (Å²) in [7, 11) is 0. The Kier molecular flexibility index (Phi) is 5.00. The molecule has 0 N–H and O–H groups in total. The van der Waals surface area contributed by atoms with Crippen LogP contribution >= 0.6 is 11.6 Å². The van der Waals surface area contributed by atoms with Crippen molar-refractivity contribution in [2.45, 2.75) is 19.8 Å². The van der Waals surface area contributed by atoms with E-state index in [1.54, 1.807) is 12.1 Å². The third-order valence-corrected chi connectivity index (χ3v) is 4.17. The molecule has 0 aromatic heterocycles. The molecule has 0 atom stereocenters. The largest absolute Gasteiger partial charge is 0.423 e. The quantitative estimate of drug-likeness (QED) is 0.425. The maximum absolute atomic E-state index is 14.1. The maximum Gasteiger partial charge on any atom is 0.346 e. The highest BCUT2D eigenvalue weighted by atomic mass is 35.5. The molecule has 0 aliphatic carbocycles. The first-order chi connectivity index (χ1) is 12.0. The van der Waals surface area contributed by atoms with Gasteiger partial charge < -0.3 is 4.74 Å². The van der Waals surface area contributed by atoms with E-state index in [0.29, 0.717) is 10.8 Å². The molecule has 2 nitrogen and oxygen atoms in total. The summed E-state index contributed by atoms with van der Waals surface area (Å²) in [6, 6.07) is 12.0. The van der Waals surface area contributed by atoms with Crippen LogP contribution in [0.25, 0.3) is 10.8 Å². The van der Waals surface area contributed by atoms with Gasteiger partial charge in [-0.1, -0.05) is 37.1 Å². The monoisotopic (exact) mass is 360 g/mol. The Morgan fingerprint density at radius 3 is 2.60 bits per heavy atom. The van der Waals surface area contributed by atoms with Gasteiger partial charge in [-0.05, 0) is 53.8 Å². The second kappa shape index (κ2) is 7.19. The number of aryl methyl sites for hydroxylation is 1. The van der Waals surface area contributed by atoms with Gasteiger partial charge in [-0.2, -0.15) is 0 Å². The van der Waals surface area contributed by atoms with Crippen molar-refractivity contribution in [2.24, 2.45) is 0 Å². The molecule has 128 valence electrons. The number of fused-ring (bicyclic) bond motifs is 1. The predicted molar refractivity (Wildman–Crippen MR) is 94.3 cm³/mol. The van der Waals surface area contributed by atoms with E-state index in [4.69, 9.17) is 16.3 Å². The molecule has 0 radical (unpaired) electrons. The zero-order valence-corrected chi connectivity index (χ0v) is 14.2. The highest BCUT2D eigenvalue weighted by Gasteiger charge is 2.15. The summed E-state index contributed by atoms with van der Waals surface area (Å²) in [5.74, 6) is -1.74. The van der Waals surface area contributed by atoms with E-state index < -0.39 is 17.6 Å². The standard InChI is InChI=1S/C20H15ClF2O2/c1-2-3-12-4-7-16(18(22)10-12)20(24)25-14-6-8-15-13(11-14)5-9-17(21)19(15)23/h4-11H,2-3H2,1H3. The van der Waals surface area contributed by atoms with Gasteiger partial charge >= 0.3 is 5.97 Å². The van der Waals surface area contributed by atoms with E-state index in [9.17, 15) is 13.6 Å². The Balaban J connectivity index is 1.86. The molecule has 0 fully saturated rings. The predicted octanol–water partition coefficient (Wildman–Crippen LogP) is 5.94. The van der Waals surface area contributed by atoms with Crippen molar-refractivity contribution in [1.29, 1.82) is 0 Å². The average molecular weight is 361 g/mol. The van der Waals surface area contributed by atoms with Crippen molar-refractivity contribution in [2.75, 3.05) is 0 Å². The van der Waals surface area contributed by atoms with Gasteiger partial charge in [0.05, 0.1) is 10.6 Å². The first kappa shape index (κ1) is 17.4. The highest BCUT2D eigenvalue weighted by Crippen LogP contribution is 2.28. The zero-order valence-electron chi connectivity index (χ0n) is 13.5. The van der Waals surface area contributed by atoms with Crippen molar-refractivity contribution >= 4 is 28.3 Å². The van der Waals surface area contributed by atoms with Crippen LogP contribution in [0, 0.1) is 11.6 Å². The number of rotatable bonds is 4. The van der Waals surface area contributed by atoms with Crippen LogP contribution in [0.4, 0.5) is 8.78 Å². The number of esters is 1. The smallest absolute Gasteiger partial charge is 0.346 e. The molecule has 0 unspecified atom stereocenters. The molecule has 0 bridgehead atoms. The van der Waals surface area contributed by atoms with E-state index in [2.05, 4.69) is 0 Å². The molecule has 0 aliphatic rings. The number of benzene rings is 3. The minimum atomic E-state index is -0.797. The highest BCUT2D eigenvalue weighted by molar-refractivity contribution is 6.31. The summed E-state index contributed by atoms with van der Waals surface area (Å²) in [4.78, 5) is 12.2. The lowest BCUT2D eigenvalue weighted by Crippen LogP contribution is -2.11. The fourth-order valence-corrected chi connectivity index (χ4v) is 2.80. The molecule has 0 spiro atoms. The van der Waals surface area contributed by atoms with E-state index in [1.807, 2.05) is 6.92 Å². The van der Waals surface area contributed by atoms with Crippen LogP contribution in [0.1, 0.15) is 29.3 Å². The number of hydrogen-bond donors (Lipinski definition) is 0. The molecule has 0 amide bonds. The topological polar surface area (TPSA) is 26.3 Å². The summed E-state index contributed by atoms with van der Waals surface area (Å²) in [5, 5.41) is 0.875. The number of carbonyl (C=O) groups is 1. The van der Waals surface area contributed by atoms with E-state index in [0.717, 1.165) is 18.4 Å². The lowest BCUT2D eigenvalue weighted by Gasteiger charge is -2.08. The minimum Gasteiger partial charge on any atom is -0.423 e. The van der Waals surface area contributed by atoms with E-state index >= 15 is 0 Å². The van der Waals surface area contributed by atoms with Crippen molar-refractivity contribution < 1.29 is 18.3 Å². The molecule has 0 aliphatic heterocycles. The third-order valence-electron chi connectivity index (χ3n) is 3.88. The molecule has 0 saturated heterocycles. The lowest BCUT2D eigenvalue weighted by molar-refractivity contribution is 0.0730. The van der Waals surface area contributed by atoms with Gasteiger partial charge in [0.2, 0.25) is 0 Å². The molecular weight excluding hydrogens is 346 g/mol. The first-order valence-electron chi connectivity index (χ1n) is 7.88. The lowest BCUT2D eigenvalue weighted by atomic mass is 10.1. The molecular formula is C20H15ClF2O2. The third kappa shape index (κ3) is 3.64. The fraction of sp³-hybridized carbons (Fsp3) is 0.150. The van der Waals surface area contributed by atoms with Gasteiger partial charge in [0.1, 0.15) is 17.4 Å². The Bertz CT molecular complexity index is 954. The number of ether oxygens (including phenoxy) is 1. The summed E-state index contributed by atoms with van der Waals surface area (Å²) in [6.07, 6.45) is 1.63. The molecule has 0 heterocycles. The second-order valence-corrected chi connectivity index (χ2v) is 6.11. The van der Waals surface area contributed by atoms with Crippen LogP contribution in [-0.4, -0.2) is 5.97 Å². The van der Waals surface area contributed by atoms with Gasteiger partial charge in [0.15, 0.2) is 0 Å². The Morgan fingerprint density at radius 1 is 1.08 bits per heavy atom. The van der Waals surface area contributed by atoms with Crippen LogP contribution in [0.3, 0.4) is 0 Å². The number of halogens is 3. The summed E-state index contributed by atoms with van der Waals surface area (Å²) in [5.41, 5.74) is 0.692. The zero-order chi connectivity index (χ0) is 18.0. The minimum absolute atomic E-state index is 0.0199. The van der Waals surface area contributed by atoms with Crippen LogP contribution in [-0.2, 0) is 6.42 Å². The molecule has 0 saturated carbocycles. The molecule has 3 rings (SSSR count). The van der Waals surface area contributed by atoms with Crippen LogP contribution in [0.15, 0.2) is 48.5 Å². The number of hydrogen-bond acceptors (Lipinski definition) is 2. The normalized spacial score (nSPS) is 10.9. The maximum atomic E-state index is 14.1. The van der Waals surface area contributed by atoms with E-state index in [-0.39, 0.29) is 16.3 Å². The van der Waals surface area contributed by atoms with Gasteiger partial charge in [0, 0.05) is 5.39 Å². The Hall–Kier alpha value is -2.46. The van der Waals surface area contributed by atoms with Crippen LogP contribution < -0.4 is 4.74 Å². The summed E-state index contributed by atoms with van der Waals surface area (Å²) in [6.45, 7) is 2.00. The molecule has 3 aromatic rings. The Morgan fingerprint density at radius 2 is 1.88 bits per heavy atom. The summed E-state index contributed by atoms with van der Waals surface area (Å²) < 4.78 is 33.3. The van der Waals surface area contributed by atoms with Gasteiger partial charge in [-0.3, -0.25) is 0 Å². The fourth-order valence-electron chi connectivity index (χ4n) is 2.64. The molecule has 5 heteroatoms. The van der Waals surface area contributed by atoms with E-state index in [1.165, 1.54) is 36.4 Å². The van der Waals surface area contributed by atoms with Crippen LogP contribution in [0.5, 0.6) is 5.75 Å². The number of carbonyl (C=O) groups excluding carboxylic acids is 1. The van der Waals surface area contributed by atoms with Crippen molar-refractivity contribution in [3.63, 3.8) is 0 Å². The Labute approximate surface area is 149 Å². The summed E-state index contributed by atoms with van der Waals surface area (Å²) >= 11 is 5.74. The van der Waals surface area contributed by atoms with Crippen molar-refractivity contribution in [3.05, 3.63) is 76.3 Å². The van der Waals surface area contributed by atoms with Crippen molar-refractivity contribution in [3.8, 4) is 5.75 Å². The van der Waals surface area contributed by atoms with Gasteiger partial charge in [0.25, 0.3) is 0 Å². The molecule has 3 aromatic carbocycles. The SMILES string of the molecule is CCCc1ccc(C(=O)Oc2ccc3c(F)c(Cl)ccc3c2)c(F)c1. The molecule has 25 heavy (non-hydrogen) atoms. The second-order valence-electron chi connectivity index (χ2n) is 5.70. The first-order valence-corrected chi connectivity index (χ1v) is 8.25.